The predicted octanol–water partition coefficient (Wildman–Crippen LogP) is 2.04. The summed E-state index contributed by atoms with van der Waals surface area (Å²) in [5.41, 5.74) is 0.665. The third kappa shape index (κ3) is 3.25. The van der Waals surface area contributed by atoms with Crippen molar-refractivity contribution < 1.29 is 5.11 Å². The highest BCUT2D eigenvalue weighted by Gasteiger charge is 2.31. The van der Waals surface area contributed by atoms with Crippen molar-refractivity contribution in [2.45, 2.75) is 31.8 Å². The van der Waals surface area contributed by atoms with Gasteiger partial charge in [0.05, 0.1) is 5.60 Å². The fourth-order valence-electron chi connectivity index (χ4n) is 2.35. The van der Waals surface area contributed by atoms with Gasteiger partial charge in [0.1, 0.15) is 0 Å². The van der Waals surface area contributed by atoms with Gasteiger partial charge in [-0.05, 0) is 25.3 Å². The zero-order valence-corrected chi connectivity index (χ0v) is 10.3. The van der Waals surface area contributed by atoms with Gasteiger partial charge < -0.3 is 10.0 Å². The molecular weight excluding hydrogens is 210 g/mol. The maximum absolute atomic E-state index is 10.5. The van der Waals surface area contributed by atoms with Crippen LogP contribution in [0.2, 0.25) is 0 Å². The Morgan fingerprint density at radius 1 is 1.24 bits per heavy atom. The van der Waals surface area contributed by atoms with Crippen LogP contribution in [0.4, 0.5) is 0 Å². The smallest absolute Gasteiger partial charge is 0.0722 e. The monoisotopic (exact) mass is 229 g/mol. The highest BCUT2D eigenvalue weighted by atomic mass is 16.3. The van der Waals surface area contributed by atoms with Crippen LogP contribution in [0.1, 0.15) is 25.3 Å². The summed E-state index contributed by atoms with van der Waals surface area (Å²) in [7, 11) is 0. The summed E-state index contributed by atoms with van der Waals surface area (Å²) in [6, 6.07) is 13.3. The van der Waals surface area contributed by atoms with E-state index in [1.807, 2.05) is 25.1 Å². The first-order valence-electron chi connectivity index (χ1n) is 6.15. The van der Waals surface area contributed by atoms with Crippen LogP contribution in [0, 0.1) is 12.0 Å². The number of rotatable bonds is 2. The van der Waals surface area contributed by atoms with Gasteiger partial charge in [-0.15, -0.1) is 0 Å². The standard InChI is InChI=1S/C15H19NO/c1-2-10-16-11-8-15(17,9-12-16)13-14-6-4-3-5-7-14/h3-7,17H,8-9,11-13H2,1H3. The van der Waals surface area contributed by atoms with Crippen molar-refractivity contribution in [3.63, 3.8) is 0 Å². The SMILES string of the molecule is CC#CN1CCC(O)(Cc2ccccc2)CC1. The third-order valence-electron chi connectivity index (χ3n) is 3.34. The van der Waals surface area contributed by atoms with Crippen molar-refractivity contribution >= 4 is 0 Å². The van der Waals surface area contributed by atoms with E-state index >= 15 is 0 Å². The number of nitrogens with zero attached hydrogens (tertiary/aromatic N) is 1. The summed E-state index contributed by atoms with van der Waals surface area (Å²) in [6.45, 7) is 3.58. The molecule has 1 aliphatic heterocycles. The maximum Gasteiger partial charge on any atom is 0.0722 e. The van der Waals surface area contributed by atoms with Crippen LogP contribution in [0.3, 0.4) is 0 Å². The van der Waals surface area contributed by atoms with E-state index in [1.165, 1.54) is 5.56 Å². The zero-order chi connectivity index (χ0) is 12.1. The van der Waals surface area contributed by atoms with E-state index in [0.717, 1.165) is 32.4 Å². The van der Waals surface area contributed by atoms with Gasteiger partial charge in [-0.3, -0.25) is 0 Å². The van der Waals surface area contributed by atoms with E-state index < -0.39 is 5.60 Å². The summed E-state index contributed by atoms with van der Waals surface area (Å²) in [5.74, 6) is 2.91. The second-order valence-corrected chi connectivity index (χ2v) is 4.74. The molecule has 1 saturated heterocycles. The van der Waals surface area contributed by atoms with Crippen molar-refractivity contribution in [2.24, 2.45) is 0 Å². The van der Waals surface area contributed by atoms with Crippen molar-refractivity contribution in [1.82, 2.24) is 4.90 Å². The first-order valence-corrected chi connectivity index (χ1v) is 6.15. The van der Waals surface area contributed by atoms with E-state index in [2.05, 4.69) is 29.0 Å². The summed E-state index contributed by atoms with van der Waals surface area (Å²) >= 11 is 0. The number of hydrogen-bond donors (Lipinski definition) is 1. The van der Waals surface area contributed by atoms with Crippen molar-refractivity contribution in [2.75, 3.05) is 13.1 Å². The molecule has 17 heavy (non-hydrogen) atoms. The van der Waals surface area contributed by atoms with E-state index in [9.17, 15) is 5.11 Å². The molecule has 0 atom stereocenters. The molecule has 0 spiro atoms. The Morgan fingerprint density at radius 2 is 1.88 bits per heavy atom. The zero-order valence-electron chi connectivity index (χ0n) is 10.3. The van der Waals surface area contributed by atoms with Crippen molar-refractivity contribution in [3.8, 4) is 12.0 Å². The summed E-state index contributed by atoms with van der Waals surface area (Å²) in [6.07, 6.45) is 2.36. The van der Waals surface area contributed by atoms with Crippen LogP contribution in [0.15, 0.2) is 30.3 Å². The molecule has 0 aromatic heterocycles. The molecule has 0 radical (unpaired) electrons. The van der Waals surface area contributed by atoms with Gasteiger partial charge >= 0.3 is 0 Å². The molecule has 90 valence electrons. The lowest BCUT2D eigenvalue weighted by atomic mass is 9.85. The number of hydrogen-bond acceptors (Lipinski definition) is 2. The van der Waals surface area contributed by atoms with Gasteiger partial charge in [-0.25, -0.2) is 0 Å². The number of benzene rings is 1. The van der Waals surface area contributed by atoms with Crippen molar-refractivity contribution in [1.29, 1.82) is 0 Å². The molecule has 2 nitrogen and oxygen atoms in total. The van der Waals surface area contributed by atoms with Gasteiger partial charge in [0.25, 0.3) is 0 Å². The van der Waals surface area contributed by atoms with Gasteiger partial charge in [-0.2, -0.15) is 0 Å². The second kappa shape index (κ2) is 5.25. The predicted molar refractivity (Wildman–Crippen MR) is 69.4 cm³/mol. The van der Waals surface area contributed by atoms with Gasteiger partial charge in [0.15, 0.2) is 0 Å². The molecule has 0 aliphatic carbocycles. The molecule has 1 heterocycles. The highest BCUT2D eigenvalue weighted by Crippen LogP contribution is 2.25. The Kier molecular flexibility index (Phi) is 3.71. The van der Waals surface area contributed by atoms with Crippen LogP contribution in [0.25, 0.3) is 0 Å². The minimum Gasteiger partial charge on any atom is -0.389 e. The Bertz CT molecular complexity index is 408. The fourth-order valence-corrected chi connectivity index (χ4v) is 2.35. The topological polar surface area (TPSA) is 23.5 Å². The molecule has 0 saturated carbocycles. The van der Waals surface area contributed by atoms with E-state index in [1.54, 1.807) is 0 Å². The molecule has 0 unspecified atom stereocenters. The van der Waals surface area contributed by atoms with Gasteiger partial charge in [0, 0.05) is 25.6 Å². The molecule has 1 aromatic carbocycles. The minimum atomic E-state index is -0.548. The Labute approximate surface area is 103 Å². The quantitative estimate of drug-likeness (QED) is 0.784. The molecule has 0 bridgehead atoms. The maximum atomic E-state index is 10.5. The molecule has 0 amide bonds. The Hall–Kier alpha value is -1.46. The summed E-state index contributed by atoms with van der Waals surface area (Å²) < 4.78 is 0. The Morgan fingerprint density at radius 3 is 2.47 bits per heavy atom. The lowest BCUT2D eigenvalue weighted by Gasteiger charge is -2.36. The van der Waals surface area contributed by atoms with Crippen molar-refractivity contribution in [3.05, 3.63) is 35.9 Å². The molecule has 2 rings (SSSR count). The van der Waals surface area contributed by atoms with E-state index in [0.29, 0.717) is 0 Å². The first kappa shape index (κ1) is 12.0. The average molecular weight is 229 g/mol. The summed E-state index contributed by atoms with van der Waals surface area (Å²) in [5, 5.41) is 10.5. The van der Waals surface area contributed by atoms with Crippen LogP contribution >= 0.6 is 0 Å². The lowest BCUT2D eigenvalue weighted by molar-refractivity contribution is -0.00887. The number of likely N-dealkylation sites (tertiary alicyclic amines) is 1. The molecule has 1 fully saturated rings. The van der Waals surface area contributed by atoms with Crippen LogP contribution in [0.5, 0.6) is 0 Å². The van der Waals surface area contributed by atoms with Crippen LogP contribution < -0.4 is 0 Å². The number of piperidine rings is 1. The highest BCUT2D eigenvalue weighted by molar-refractivity contribution is 5.17. The Balaban J connectivity index is 1.95. The normalized spacial score (nSPS) is 18.4. The minimum absolute atomic E-state index is 0.548. The van der Waals surface area contributed by atoms with Crippen LogP contribution in [-0.4, -0.2) is 28.7 Å². The molecule has 1 aliphatic rings. The fraction of sp³-hybridized carbons (Fsp3) is 0.467. The lowest BCUT2D eigenvalue weighted by Crippen LogP contribution is -2.44. The molecular formula is C15H19NO. The van der Waals surface area contributed by atoms with Crippen LogP contribution in [-0.2, 0) is 6.42 Å². The third-order valence-corrected chi connectivity index (χ3v) is 3.34. The largest absolute Gasteiger partial charge is 0.389 e. The van der Waals surface area contributed by atoms with E-state index in [-0.39, 0.29) is 0 Å². The van der Waals surface area contributed by atoms with Gasteiger partial charge in [0.2, 0.25) is 0 Å². The number of aliphatic hydroxyl groups is 1. The molecule has 1 aromatic rings. The van der Waals surface area contributed by atoms with E-state index in [4.69, 9.17) is 0 Å². The first-order chi connectivity index (χ1) is 8.22. The molecule has 2 heteroatoms. The van der Waals surface area contributed by atoms with Gasteiger partial charge in [-0.1, -0.05) is 36.3 Å². The summed E-state index contributed by atoms with van der Waals surface area (Å²) in [4.78, 5) is 2.10. The second-order valence-electron chi connectivity index (χ2n) is 4.74. The molecule has 1 N–H and O–H groups in total. The average Bonchev–Trinajstić information content (AvgIpc) is 2.34.